The molecule has 0 amide bonds. The highest BCUT2D eigenvalue weighted by atomic mass is 16.5. The minimum absolute atomic E-state index is 0.0753. The third-order valence-corrected chi connectivity index (χ3v) is 3.83. The van der Waals surface area contributed by atoms with Gasteiger partial charge in [-0.2, -0.15) is 0 Å². The van der Waals surface area contributed by atoms with Crippen molar-refractivity contribution in [3.8, 4) is 0 Å². The number of β-amino-alcohol motifs (C(OH)–C–C–N with tert-alkyl or cyclic N) is 1. The van der Waals surface area contributed by atoms with Gasteiger partial charge in [0.1, 0.15) is 12.2 Å². The second kappa shape index (κ2) is 7.06. The predicted octanol–water partition coefficient (Wildman–Crippen LogP) is 0.771. The lowest BCUT2D eigenvalue weighted by Gasteiger charge is -2.34. The molecule has 124 valence electrons. The molecule has 2 rings (SSSR count). The number of aliphatic hydroxyl groups excluding tert-OH is 3. The molecule has 0 spiro atoms. The highest BCUT2D eigenvalue weighted by Gasteiger charge is 2.35. The van der Waals surface area contributed by atoms with Gasteiger partial charge in [-0.05, 0) is 31.9 Å². The summed E-state index contributed by atoms with van der Waals surface area (Å²) < 4.78 is 5.72. The van der Waals surface area contributed by atoms with Crippen LogP contribution >= 0.6 is 0 Å². The molecule has 1 aromatic carbocycles. The average Bonchev–Trinajstić information content (AvgIpc) is 2.45. The summed E-state index contributed by atoms with van der Waals surface area (Å²) in [5.41, 5.74) is 1.79. The maximum atomic E-state index is 10.2. The highest BCUT2D eigenvalue weighted by molar-refractivity contribution is 5.33. The Morgan fingerprint density at radius 2 is 1.95 bits per heavy atom. The number of nitrogens with one attached hydrogen (secondary N) is 1. The Morgan fingerprint density at radius 3 is 2.64 bits per heavy atom. The van der Waals surface area contributed by atoms with Crippen LogP contribution in [0.3, 0.4) is 0 Å². The molecule has 1 aromatic rings. The molecular weight excluding hydrogens is 282 g/mol. The first-order valence-electron chi connectivity index (χ1n) is 7.76. The quantitative estimate of drug-likeness (QED) is 0.646. The Labute approximate surface area is 131 Å². The van der Waals surface area contributed by atoms with E-state index in [1.54, 1.807) is 0 Å². The number of fused-ring (bicyclic) bond motifs is 1. The summed E-state index contributed by atoms with van der Waals surface area (Å²) in [7, 11) is 0. The lowest BCUT2D eigenvalue weighted by Crippen LogP contribution is -2.44. The van der Waals surface area contributed by atoms with Gasteiger partial charge in [-0.1, -0.05) is 24.3 Å². The van der Waals surface area contributed by atoms with Crippen LogP contribution in [0, 0.1) is 0 Å². The van der Waals surface area contributed by atoms with E-state index < -0.39 is 24.4 Å². The van der Waals surface area contributed by atoms with Crippen LogP contribution in [-0.4, -0.2) is 52.3 Å². The van der Waals surface area contributed by atoms with Crippen molar-refractivity contribution < 1.29 is 20.1 Å². The van der Waals surface area contributed by atoms with Crippen LogP contribution in [0.4, 0.5) is 0 Å². The van der Waals surface area contributed by atoms with Gasteiger partial charge in [0, 0.05) is 18.5 Å². The molecule has 0 saturated heterocycles. The molecular formula is C17H27NO4. The van der Waals surface area contributed by atoms with Crippen LogP contribution in [-0.2, 0) is 11.2 Å². The van der Waals surface area contributed by atoms with E-state index in [-0.39, 0.29) is 12.1 Å². The van der Waals surface area contributed by atoms with E-state index in [0.717, 1.165) is 11.1 Å². The molecule has 5 heteroatoms. The van der Waals surface area contributed by atoms with Crippen molar-refractivity contribution in [1.29, 1.82) is 0 Å². The summed E-state index contributed by atoms with van der Waals surface area (Å²) in [6.45, 7) is 6.59. The number of aliphatic hydroxyl groups is 3. The SMILES string of the molecule is CC(C)(C)NCC(O)COC1c2ccccc2CC(O)C1O. The molecule has 1 aliphatic rings. The van der Waals surface area contributed by atoms with Crippen molar-refractivity contribution in [2.45, 2.75) is 57.1 Å². The first-order valence-corrected chi connectivity index (χ1v) is 7.76. The number of benzene rings is 1. The Morgan fingerprint density at radius 1 is 1.27 bits per heavy atom. The van der Waals surface area contributed by atoms with E-state index in [1.165, 1.54) is 0 Å². The van der Waals surface area contributed by atoms with Gasteiger partial charge >= 0.3 is 0 Å². The number of ether oxygens (including phenoxy) is 1. The summed E-state index contributed by atoms with van der Waals surface area (Å²) in [6, 6.07) is 7.62. The summed E-state index contributed by atoms with van der Waals surface area (Å²) in [6.07, 6.45) is -2.67. The van der Waals surface area contributed by atoms with Gasteiger partial charge in [0.25, 0.3) is 0 Å². The molecule has 0 aromatic heterocycles. The minimum atomic E-state index is -0.974. The fraction of sp³-hybridized carbons (Fsp3) is 0.647. The van der Waals surface area contributed by atoms with Gasteiger partial charge in [-0.25, -0.2) is 0 Å². The van der Waals surface area contributed by atoms with Crippen molar-refractivity contribution in [2.75, 3.05) is 13.2 Å². The van der Waals surface area contributed by atoms with Crippen LogP contribution in [0.1, 0.15) is 38.0 Å². The minimum Gasteiger partial charge on any atom is -0.390 e. The molecule has 0 fully saturated rings. The number of hydrogen-bond acceptors (Lipinski definition) is 5. The summed E-state index contributed by atoms with van der Waals surface area (Å²) >= 11 is 0. The maximum absolute atomic E-state index is 10.2. The van der Waals surface area contributed by atoms with E-state index in [2.05, 4.69) is 5.32 Å². The van der Waals surface area contributed by atoms with Crippen LogP contribution in [0.5, 0.6) is 0 Å². The molecule has 0 bridgehead atoms. The number of rotatable bonds is 5. The van der Waals surface area contributed by atoms with Crippen molar-refractivity contribution in [2.24, 2.45) is 0 Å². The van der Waals surface area contributed by atoms with E-state index >= 15 is 0 Å². The van der Waals surface area contributed by atoms with E-state index in [9.17, 15) is 15.3 Å². The molecule has 0 heterocycles. The van der Waals surface area contributed by atoms with Crippen LogP contribution in [0.15, 0.2) is 24.3 Å². The van der Waals surface area contributed by atoms with E-state index in [0.29, 0.717) is 13.0 Å². The fourth-order valence-corrected chi connectivity index (χ4v) is 2.62. The zero-order valence-corrected chi connectivity index (χ0v) is 13.5. The molecule has 0 saturated carbocycles. The Hall–Kier alpha value is -0.980. The van der Waals surface area contributed by atoms with Crippen LogP contribution in [0.25, 0.3) is 0 Å². The van der Waals surface area contributed by atoms with Crippen LogP contribution in [0.2, 0.25) is 0 Å². The summed E-state index contributed by atoms with van der Waals surface area (Å²) in [4.78, 5) is 0. The number of hydrogen-bond donors (Lipinski definition) is 4. The fourth-order valence-electron chi connectivity index (χ4n) is 2.62. The largest absolute Gasteiger partial charge is 0.390 e. The highest BCUT2D eigenvalue weighted by Crippen LogP contribution is 2.33. The molecule has 4 unspecified atom stereocenters. The molecule has 0 aliphatic heterocycles. The smallest absolute Gasteiger partial charge is 0.111 e. The first kappa shape index (κ1) is 17.4. The van der Waals surface area contributed by atoms with Crippen molar-refractivity contribution in [3.05, 3.63) is 35.4 Å². The summed E-state index contributed by atoms with van der Waals surface area (Å²) in [5.74, 6) is 0. The zero-order chi connectivity index (χ0) is 16.3. The molecule has 22 heavy (non-hydrogen) atoms. The van der Waals surface area contributed by atoms with Gasteiger partial charge < -0.3 is 25.4 Å². The zero-order valence-electron chi connectivity index (χ0n) is 13.5. The van der Waals surface area contributed by atoms with E-state index in [4.69, 9.17) is 4.74 Å². The molecule has 4 atom stereocenters. The lowest BCUT2D eigenvalue weighted by molar-refractivity contribution is -0.114. The predicted molar refractivity (Wildman–Crippen MR) is 84.6 cm³/mol. The first-order chi connectivity index (χ1) is 10.3. The molecule has 1 aliphatic carbocycles. The van der Waals surface area contributed by atoms with E-state index in [1.807, 2.05) is 45.0 Å². The molecule has 5 nitrogen and oxygen atoms in total. The van der Waals surface area contributed by atoms with Crippen molar-refractivity contribution in [1.82, 2.24) is 5.32 Å². The molecule has 4 N–H and O–H groups in total. The van der Waals surface area contributed by atoms with Gasteiger partial charge in [0.2, 0.25) is 0 Å². The van der Waals surface area contributed by atoms with Crippen molar-refractivity contribution >= 4 is 0 Å². The van der Waals surface area contributed by atoms with Gasteiger partial charge in [-0.3, -0.25) is 0 Å². The monoisotopic (exact) mass is 309 g/mol. The third kappa shape index (κ3) is 4.51. The average molecular weight is 309 g/mol. The Bertz CT molecular complexity index is 486. The van der Waals surface area contributed by atoms with Gasteiger partial charge in [0.05, 0.1) is 18.8 Å². The lowest BCUT2D eigenvalue weighted by atomic mass is 9.85. The molecule has 0 radical (unpaired) electrons. The van der Waals surface area contributed by atoms with Gasteiger partial charge in [0.15, 0.2) is 0 Å². The Kier molecular flexibility index (Phi) is 5.58. The van der Waals surface area contributed by atoms with Gasteiger partial charge in [-0.15, -0.1) is 0 Å². The normalized spacial score (nSPS) is 26.5. The summed E-state index contributed by atoms with van der Waals surface area (Å²) in [5, 5.41) is 33.4. The third-order valence-electron chi connectivity index (χ3n) is 3.83. The topological polar surface area (TPSA) is 82.0 Å². The van der Waals surface area contributed by atoms with Crippen molar-refractivity contribution in [3.63, 3.8) is 0 Å². The maximum Gasteiger partial charge on any atom is 0.111 e. The second-order valence-corrected chi connectivity index (χ2v) is 7.00. The van der Waals surface area contributed by atoms with Crippen LogP contribution < -0.4 is 5.32 Å². The standard InChI is InChI=1S/C17H27NO4/c1-17(2,3)18-9-12(19)10-22-16-13-7-5-4-6-11(13)8-14(20)15(16)21/h4-7,12,14-16,18-21H,8-10H2,1-3H3. The second-order valence-electron chi connectivity index (χ2n) is 7.00. The Balaban J connectivity index is 1.96.